The molecule has 0 fully saturated rings. The highest BCUT2D eigenvalue weighted by atomic mass is 35.5. The number of rotatable bonds is 2. The molecule has 4 nitrogen and oxygen atoms in total. The smallest absolute Gasteiger partial charge is 0.223 e. The second-order valence-electron chi connectivity index (χ2n) is 5.37. The molecule has 0 saturated heterocycles. The van der Waals surface area contributed by atoms with Gasteiger partial charge < -0.3 is 10.3 Å². The van der Waals surface area contributed by atoms with E-state index in [9.17, 15) is 0 Å². The number of aromatic nitrogens is 3. The topological polar surface area (TPSA) is 53.6 Å². The first kappa shape index (κ1) is 12.7. The number of hydrogen-bond acceptors (Lipinski definition) is 3. The third-order valence-electron chi connectivity index (χ3n) is 4.04. The Morgan fingerprint density at radius 3 is 2.95 bits per heavy atom. The number of fused-ring (bicyclic) bond motifs is 3. The summed E-state index contributed by atoms with van der Waals surface area (Å²) in [6.07, 6.45) is 6.82. The van der Waals surface area contributed by atoms with Crippen molar-refractivity contribution in [2.24, 2.45) is 0 Å². The minimum atomic E-state index is 0.224. The maximum absolute atomic E-state index is 6.13. The molecule has 3 aromatic rings. The predicted molar refractivity (Wildman–Crippen MR) is 84.6 cm³/mol. The van der Waals surface area contributed by atoms with Crippen LogP contribution in [0.3, 0.4) is 0 Å². The Morgan fingerprint density at radius 1 is 1.24 bits per heavy atom. The zero-order valence-corrected chi connectivity index (χ0v) is 12.2. The Balaban J connectivity index is 1.76. The van der Waals surface area contributed by atoms with Gasteiger partial charge in [0.15, 0.2) is 0 Å². The van der Waals surface area contributed by atoms with Crippen LogP contribution in [0.1, 0.15) is 30.1 Å². The largest absolute Gasteiger partial charge is 0.356 e. The fourth-order valence-electron chi connectivity index (χ4n) is 3.11. The first-order valence-corrected chi connectivity index (χ1v) is 7.52. The highest BCUT2D eigenvalue weighted by Gasteiger charge is 2.24. The summed E-state index contributed by atoms with van der Waals surface area (Å²) in [5.74, 6) is 0.673. The molecule has 0 bridgehead atoms. The predicted octanol–water partition coefficient (Wildman–Crippen LogP) is 4.10. The molecule has 1 aliphatic carbocycles. The molecule has 1 aromatic carbocycles. The molecule has 21 heavy (non-hydrogen) atoms. The number of H-pyrrole nitrogens is 1. The van der Waals surface area contributed by atoms with Crippen molar-refractivity contribution in [3.8, 4) is 0 Å². The van der Waals surface area contributed by atoms with Crippen LogP contribution < -0.4 is 5.32 Å². The lowest BCUT2D eigenvalue weighted by Gasteiger charge is -2.23. The van der Waals surface area contributed by atoms with Crippen LogP contribution in [0.15, 0.2) is 36.7 Å². The number of nitrogens with one attached hydrogen (secondary N) is 2. The zero-order chi connectivity index (χ0) is 14.2. The summed E-state index contributed by atoms with van der Waals surface area (Å²) >= 11 is 6.13. The van der Waals surface area contributed by atoms with Gasteiger partial charge in [-0.25, -0.2) is 9.97 Å². The van der Waals surface area contributed by atoms with Gasteiger partial charge in [-0.15, -0.1) is 0 Å². The molecule has 0 radical (unpaired) electrons. The van der Waals surface area contributed by atoms with Gasteiger partial charge in [-0.1, -0.05) is 11.6 Å². The van der Waals surface area contributed by atoms with Crippen LogP contribution >= 0.6 is 11.6 Å². The highest BCUT2D eigenvalue weighted by molar-refractivity contribution is 6.31. The van der Waals surface area contributed by atoms with Crippen molar-refractivity contribution in [3.63, 3.8) is 0 Å². The van der Waals surface area contributed by atoms with Crippen LogP contribution in [0.2, 0.25) is 5.02 Å². The van der Waals surface area contributed by atoms with Gasteiger partial charge in [-0.2, -0.15) is 0 Å². The summed E-state index contributed by atoms with van der Waals surface area (Å²) in [5.41, 5.74) is 3.75. The molecule has 2 N–H and O–H groups in total. The van der Waals surface area contributed by atoms with Crippen molar-refractivity contribution in [1.82, 2.24) is 15.0 Å². The van der Waals surface area contributed by atoms with Gasteiger partial charge in [0.25, 0.3) is 0 Å². The number of hydrogen-bond donors (Lipinski definition) is 2. The van der Waals surface area contributed by atoms with E-state index in [1.807, 2.05) is 24.3 Å². The molecule has 4 rings (SSSR count). The van der Waals surface area contributed by atoms with Crippen LogP contribution in [0.25, 0.3) is 10.9 Å². The number of anilines is 1. The lowest BCUT2D eigenvalue weighted by molar-refractivity contribution is 0.589. The van der Waals surface area contributed by atoms with Crippen molar-refractivity contribution in [2.75, 3.05) is 5.32 Å². The van der Waals surface area contributed by atoms with E-state index < -0.39 is 0 Å². The average Bonchev–Trinajstić information content (AvgIpc) is 2.88. The number of aryl methyl sites for hydroxylation is 1. The Labute approximate surface area is 127 Å². The molecule has 1 unspecified atom stereocenters. The van der Waals surface area contributed by atoms with Crippen LogP contribution in [-0.2, 0) is 6.42 Å². The van der Waals surface area contributed by atoms with Crippen LogP contribution in [0.5, 0.6) is 0 Å². The van der Waals surface area contributed by atoms with Gasteiger partial charge in [0, 0.05) is 34.0 Å². The van der Waals surface area contributed by atoms with Gasteiger partial charge >= 0.3 is 0 Å². The van der Waals surface area contributed by atoms with E-state index in [1.54, 1.807) is 12.4 Å². The second-order valence-corrected chi connectivity index (χ2v) is 5.81. The minimum absolute atomic E-state index is 0.224. The fraction of sp³-hybridized carbons (Fsp3) is 0.250. The fourth-order valence-corrected chi connectivity index (χ4v) is 3.28. The Kier molecular flexibility index (Phi) is 3.04. The van der Waals surface area contributed by atoms with Gasteiger partial charge in [0.2, 0.25) is 5.95 Å². The van der Waals surface area contributed by atoms with E-state index in [1.165, 1.54) is 16.6 Å². The van der Waals surface area contributed by atoms with E-state index in [2.05, 4.69) is 20.3 Å². The van der Waals surface area contributed by atoms with E-state index >= 15 is 0 Å². The molecule has 0 spiro atoms. The first-order valence-electron chi connectivity index (χ1n) is 7.15. The van der Waals surface area contributed by atoms with E-state index in [-0.39, 0.29) is 6.04 Å². The molecule has 2 heterocycles. The molecule has 106 valence electrons. The second kappa shape index (κ2) is 5.04. The summed E-state index contributed by atoms with van der Waals surface area (Å²) < 4.78 is 0. The summed E-state index contributed by atoms with van der Waals surface area (Å²) in [4.78, 5) is 12.1. The van der Waals surface area contributed by atoms with Crippen molar-refractivity contribution in [3.05, 3.63) is 52.9 Å². The number of aromatic amines is 1. The normalized spacial score (nSPS) is 17.7. The SMILES string of the molecule is Clc1ccc2[nH]c3c(c2c1)CCCC3Nc1ncccn1. The third kappa shape index (κ3) is 2.25. The summed E-state index contributed by atoms with van der Waals surface area (Å²) in [5, 5.41) is 5.44. The maximum Gasteiger partial charge on any atom is 0.223 e. The molecule has 5 heteroatoms. The monoisotopic (exact) mass is 298 g/mol. The van der Waals surface area contributed by atoms with Gasteiger partial charge in [0.1, 0.15) is 0 Å². The van der Waals surface area contributed by atoms with E-state index in [4.69, 9.17) is 11.6 Å². The molecular weight excluding hydrogens is 284 g/mol. The van der Waals surface area contributed by atoms with E-state index in [0.29, 0.717) is 5.95 Å². The minimum Gasteiger partial charge on any atom is -0.356 e. The third-order valence-corrected chi connectivity index (χ3v) is 4.27. The maximum atomic E-state index is 6.13. The van der Waals surface area contributed by atoms with Crippen LogP contribution in [0, 0.1) is 0 Å². The number of halogens is 1. The molecule has 0 amide bonds. The molecule has 1 atom stereocenters. The molecule has 0 aliphatic heterocycles. The first-order chi connectivity index (χ1) is 10.3. The Morgan fingerprint density at radius 2 is 2.10 bits per heavy atom. The van der Waals surface area contributed by atoms with Crippen molar-refractivity contribution in [2.45, 2.75) is 25.3 Å². The standard InChI is InChI=1S/C16H15ClN4/c17-10-5-6-13-12(9-10)11-3-1-4-14(15(11)20-13)21-16-18-7-2-8-19-16/h2,5-9,14,20H,1,3-4H2,(H,18,19,21). The average molecular weight is 299 g/mol. The molecule has 2 aromatic heterocycles. The van der Waals surface area contributed by atoms with Gasteiger partial charge in [-0.05, 0) is 49.1 Å². The molecular formula is C16H15ClN4. The Hall–Kier alpha value is -2.07. The summed E-state index contributed by atoms with van der Waals surface area (Å²) in [7, 11) is 0. The lowest BCUT2D eigenvalue weighted by atomic mass is 9.92. The van der Waals surface area contributed by atoms with Gasteiger partial charge in [-0.3, -0.25) is 0 Å². The van der Waals surface area contributed by atoms with Crippen LogP contribution in [0.4, 0.5) is 5.95 Å². The lowest BCUT2D eigenvalue weighted by Crippen LogP contribution is -2.18. The summed E-state index contributed by atoms with van der Waals surface area (Å²) in [6, 6.07) is 8.07. The van der Waals surface area contributed by atoms with Crippen molar-refractivity contribution >= 4 is 28.5 Å². The Bertz CT molecular complexity index is 782. The quantitative estimate of drug-likeness (QED) is 0.749. The van der Waals surface area contributed by atoms with E-state index in [0.717, 1.165) is 29.8 Å². The number of benzene rings is 1. The van der Waals surface area contributed by atoms with Crippen molar-refractivity contribution < 1.29 is 0 Å². The van der Waals surface area contributed by atoms with Gasteiger partial charge in [0.05, 0.1) is 6.04 Å². The molecule has 0 saturated carbocycles. The zero-order valence-electron chi connectivity index (χ0n) is 11.4. The summed E-state index contributed by atoms with van der Waals surface area (Å²) in [6.45, 7) is 0. The number of nitrogens with zero attached hydrogens (tertiary/aromatic N) is 2. The van der Waals surface area contributed by atoms with Crippen molar-refractivity contribution in [1.29, 1.82) is 0 Å². The van der Waals surface area contributed by atoms with Crippen LogP contribution in [-0.4, -0.2) is 15.0 Å². The molecule has 1 aliphatic rings. The highest BCUT2D eigenvalue weighted by Crippen LogP contribution is 2.36.